The number of carbonyl (C=O) groups is 1. The highest BCUT2D eigenvalue weighted by molar-refractivity contribution is 5.78. The van der Waals surface area contributed by atoms with E-state index in [0.29, 0.717) is 38.7 Å². The first-order valence-electron chi connectivity index (χ1n) is 10.7. The lowest BCUT2D eigenvalue weighted by Gasteiger charge is -2.36. The number of amides is 1. The second kappa shape index (κ2) is 9.66. The number of piperazine rings is 1. The molecule has 3 rings (SSSR count). The summed E-state index contributed by atoms with van der Waals surface area (Å²) in [5, 5.41) is 10.4. The third-order valence-corrected chi connectivity index (χ3v) is 5.40. The van der Waals surface area contributed by atoms with Crippen molar-refractivity contribution in [3.63, 3.8) is 0 Å². The van der Waals surface area contributed by atoms with E-state index in [9.17, 15) is 9.90 Å². The molecule has 8 nitrogen and oxygen atoms in total. The van der Waals surface area contributed by atoms with Gasteiger partial charge in [-0.05, 0) is 38.3 Å². The van der Waals surface area contributed by atoms with Gasteiger partial charge >= 0.3 is 6.09 Å². The fourth-order valence-electron chi connectivity index (χ4n) is 3.81. The zero-order valence-corrected chi connectivity index (χ0v) is 18.4. The standard InChI is InChI=1S/C22H35N5O3/c1-22(2,3)30-21(29)27-12-10-26(11-13-27)20(23)24-14-19(28)16-25-9-8-17-6-4-5-7-18(17)15-25/h4-7,19,28H,8-16H2,1-3H3,(H2,23,24). The Kier molecular flexibility index (Phi) is 7.20. The van der Waals surface area contributed by atoms with Crippen molar-refractivity contribution in [3.05, 3.63) is 35.4 Å². The second-order valence-electron chi connectivity index (χ2n) is 9.06. The van der Waals surface area contributed by atoms with Gasteiger partial charge in [-0.25, -0.2) is 4.79 Å². The van der Waals surface area contributed by atoms with E-state index in [-0.39, 0.29) is 12.6 Å². The third-order valence-electron chi connectivity index (χ3n) is 5.40. The molecular weight excluding hydrogens is 382 g/mol. The number of rotatable bonds is 4. The number of benzene rings is 1. The van der Waals surface area contributed by atoms with Crippen molar-refractivity contribution in [1.29, 1.82) is 0 Å². The molecule has 2 aliphatic rings. The second-order valence-corrected chi connectivity index (χ2v) is 9.06. The number of aliphatic hydroxyl groups is 1. The predicted molar refractivity (Wildman–Crippen MR) is 117 cm³/mol. The molecule has 0 bridgehead atoms. The Hall–Kier alpha value is -2.32. The van der Waals surface area contributed by atoms with E-state index in [0.717, 1.165) is 19.5 Å². The summed E-state index contributed by atoms with van der Waals surface area (Å²) in [6, 6.07) is 8.47. The molecule has 0 saturated carbocycles. The molecule has 1 aromatic carbocycles. The van der Waals surface area contributed by atoms with E-state index in [1.165, 1.54) is 11.1 Å². The minimum Gasteiger partial charge on any atom is -0.444 e. The highest BCUT2D eigenvalue weighted by atomic mass is 16.6. The molecule has 1 unspecified atom stereocenters. The van der Waals surface area contributed by atoms with Crippen LogP contribution in [-0.2, 0) is 17.7 Å². The van der Waals surface area contributed by atoms with Crippen molar-refractivity contribution in [2.24, 2.45) is 10.7 Å². The van der Waals surface area contributed by atoms with Gasteiger partial charge in [-0.2, -0.15) is 0 Å². The molecule has 1 aromatic rings. The van der Waals surface area contributed by atoms with Crippen LogP contribution in [-0.4, -0.2) is 89.4 Å². The first kappa shape index (κ1) is 22.4. The first-order valence-corrected chi connectivity index (χ1v) is 10.7. The number of hydrogen-bond donors (Lipinski definition) is 2. The van der Waals surface area contributed by atoms with Gasteiger partial charge in [0.25, 0.3) is 0 Å². The maximum Gasteiger partial charge on any atom is 0.410 e. The van der Waals surface area contributed by atoms with Crippen molar-refractivity contribution in [1.82, 2.24) is 14.7 Å². The van der Waals surface area contributed by atoms with Crippen LogP contribution in [0.4, 0.5) is 4.79 Å². The van der Waals surface area contributed by atoms with E-state index in [1.807, 2.05) is 25.7 Å². The van der Waals surface area contributed by atoms with Crippen molar-refractivity contribution in [2.75, 3.05) is 45.8 Å². The van der Waals surface area contributed by atoms with Crippen molar-refractivity contribution >= 4 is 12.1 Å². The lowest BCUT2D eigenvalue weighted by atomic mass is 10.00. The lowest BCUT2D eigenvalue weighted by Crippen LogP contribution is -2.53. The number of aliphatic imine (C=N–C) groups is 1. The van der Waals surface area contributed by atoms with Crippen LogP contribution in [0.5, 0.6) is 0 Å². The Labute approximate surface area is 179 Å². The number of nitrogens with zero attached hydrogens (tertiary/aromatic N) is 4. The van der Waals surface area contributed by atoms with Crippen molar-refractivity contribution < 1.29 is 14.6 Å². The quantitative estimate of drug-likeness (QED) is 0.566. The summed E-state index contributed by atoms with van der Waals surface area (Å²) in [4.78, 5) is 22.5. The van der Waals surface area contributed by atoms with E-state index in [4.69, 9.17) is 10.5 Å². The van der Waals surface area contributed by atoms with Crippen LogP contribution in [0, 0.1) is 0 Å². The topological polar surface area (TPSA) is 94.6 Å². The molecule has 166 valence electrons. The summed E-state index contributed by atoms with van der Waals surface area (Å²) in [5.74, 6) is 0.418. The Balaban J connectivity index is 1.41. The van der Waals surface area contributed by atoms with Gasteiger partial charge in [0, 0.05) is 45.8 Å². The first-order chi connectivity index (χ1) is 14.2. The van der Waals surface area contributed by atoms with Crippen LogP contribution in [0.25, 0.3) is 0 Å². The maximum atomic E-state index is 12.2. The molecule has 2 aliphatic heterocycles. The number of ether oxygens (including phenoxy) is 1. The van der Waals surface area contributed by atoms with Crippen LogP contribution < -0.4 is 5.73 Å². The van der Waals surface area contributed by atoms with Gasteiger partial charge in [0.05, 0.1) is 12.6 Å². The monoisotopic (exact) mass is 417 g/mol. The zero-order valence-electron chi connectivity index (χ0n) is 18.4. The number of β-amino-alcohol motifs (C(OH)–C–C–N with tert-alkyl or cyclic N) is 1. The van der Waals surface area contributed by atoms with Gasteiger partial charge in [0.15, 0.2) is 5.96 Å². The van der Waals surface area contributed by atoms with Crippen LogP contribution in [0.1, 0.15) is 31.9 Å². The number of carbonyl (C=O) groups excluding carboxylic acids is 1. The smallest absolute Gasteiger partial charge is 0.410 e. The normalized spacial score (nSPS) is 19.4. The number of aliphatic hydroxyl groups excluding tert-OH is 1. The third kappa shape index (κ3) is 6.34. The van der Waals surface area contributed by atoms with Gasteiger partial charge in [-0.3, -0.25) is 9.89 Å². The van der Waals surface area contributed by atoms with Gasteiger partial charge in [0.1, 0.15) is 5.60 Å². The molecule has 0 aliphatic carbocycles. The fourth-order valence-corrected chi connectivity index (χ4v) is 3.81. The Bertz CT molecular complexity index is 753. The predicted octanol–water partition coefficient (Wildman–Crippen LogP) is 1.27. The minimum absolute atomic E-state index is 0.274. The average Bonchev–Trinajstić information content (AvgIpc) is 2.71. The molecule has 0 spiro atoms. The molecule has 1 saturated heterocycles. The minimum atomic E-state index is -0.558. The summed E-state index contributed by atoms with van der Waals surface area (Å²) in [6.45, 7) is 10.5. The van der Waals surface area contributed by atoms with E-state index < -0.39 is 11.7 Å². The van der Waals surface area contributed by atoms with Crippen LogP contribution in [0.3, 0.4) is 0 Å². The highest BCUT2D eigenvalue weighted by Gasteiger charge is 2.26. The fraction of sp³-hybridized carbons (Fsp3) is 0.636. The summed E-state index contributed by atoms with van der Waals surface area (Å²) < 4.78 is 5.42. The number of nitrogens with two attached hydrogens (primary N) is 1. The number of fused-ring (bicyclic) bond motifs is 1. The SMILES string of the molecule is CC(C)(C)OC(=O)N1CCN(C(N)=NCC(O)CN2CCc3ccccc3C2)CC1. The van der Waals surface area contributed by atoms with Crippen LogP contribution >= 0.6 is 0 Å². The molecule has 1 amide bonds. The summed E-state index contributed by atoms with van der Waals surface area (Å²) in [5.41, 5.74) is 8.37. The summed E-state index contributed by atoms with van der Waals surface area (Å²) >= 11 is 0. The molecule has 2 heterocycles. The summed E-state index contributed by atoms with van der Waals surface area (Å²) in [6.07, 6.45) is 0.156. The van der Waals surface area contributed by atoms with E-state index in [2.05, 4.69) is 34.2 Å². The molecule has 0 radical (unpaired) electrons. The van der Waals surface area contributed by atoms with Crippen LogP contribution in [0.2, 0.25) is 0 Å². The Morgan fingerprint density at radius 3 is 2.43 bits per heavy atom. The van der Waals surface area contributed by atoms with Gasteiger partial charge in [0.2, 0.25) is 0 Å². The van der Waals surface area contributed by atoms with Gasteiger partial charge < -0.3 is 25.4 Å². The molecule has 1 fully saturated rings. The van der Waals surface area contributed by atoms with Gasteiger partial charge in [-0.1, -0.05) is 24.3 Å². The zero-order chi connectivity index (χ0) is 21.7. The largest absolute Gasteiger partial charge is 0.444 e. The number of hydrogen-bond acceptors (Lipinski definition) is 5. The Morgan fingerprint density at radius 2 is 1.77 bits per heavy atom. The Morgan fingerprint density at radius 1 is 1.13 bits per heavy atom. The highest BCUT2D eigenvalue weighted by Crippen LogP contribution is 2.18. The summed E-state index contributed by atoms with van der Waals surface area (Å²) in [7, 11) is 0. The average molecular weight is 418 g/mol. The number of guanidine groups is 1. The molecule has 3 N–H and O–H groups in total. The van der Waals surface area contributed by atoms with Crippen molar-refractivity contribution in [3.8, 4) is 0 Å². The molecule has 1 atom stereocenters. The van der Waals surface area contributed by atoms with Crippen molar-refractivity contribution in [2.45, 2.75) is 45.4 Å². The van der Waals surface area contributed by atoms with Gasteiger partial charge in [-0.15, -0.1) is 0 Å². The van der Waals surface area contributed by atoms with E-state index >= 15 is 0 Å². The molecule has 8 heteroatoms. The van der Waals surface area contributed by atoms with E-state index in [1.54, 1.807) is 4.90 Å². The molecule has 30 heavy (non-hydrogen) atoms. The van der Waals surface area contributed by atoms with Crippen LogP contribution in [0.15, 0.2) is 29.3 Å². The molecule has 0 aromatic heterocycles. The molecular formula is C22H35N5O3. The lowest BCUT2D eigenvalue weighted by molar-refractivity contribution is 0.0186. The maximum absolute atomic E-state index is 12.2.